The molecule has 0 radical (unpaired) electrons. The Bertz CT molecular complexity index is 988. The second-order valence-corrected chi connectivity index (χ2v) is 7.50. The summed E-state index contributed by atoms with van der Waals surface area (Å²) in [5.74, 6) is 0.320. The minimum atomic E-state index is -0.177. The van der Waals surface area contributed by atoms with Crippen molar-refractivity contribution in [3.8, 4) is 11.1 Å². The molecule has 2 heterocycles. The molecule has 5 heteroatoms. The van der Waals surface area contributed by atoms with E-state index >= 15 is 0 Å². The molecule has 1 aliphatic rings. The number of aliphatic hydroxyl groups is 1. The summed E-state index contributed by atoms with van der Waals surface area (Å²) in [5, 5.41) is 9.94. The van der Waals surface area contributed by atoms with Crippen LogP contribution in [0.3, 0.4) is 0 Å². The van der Waals surface area contributed by atoms with Gasteiger partial charge in [0.05, 0.1) is 17.1 Å². The van der Waals surface area contributed by atoms with Gasteiger partial charge in [0.15, 0.2) is 0 Å². The molecule has 136 valence electrons. The predicted molar refractivity (Wildman–Crippen MR) is 104 cm³/mol. The summed E-state index contributed by atoms with van der Waals surface area (Å²) in [7, 11) is 0. The number of imidazole rings is 1. The van der Waals surface area contributed by atoms with Gasteiger partial charge in [-0.2, -0.15) is 0 Å². The molecule has 5 nitrogen and oxygen atoms in total. The van der Waals surface area contributed by atoms with Crippen molar-refractivity contribution in [3.63, 3.8) is 0 Å². The van der Waals surface area contributed by atoms with Gasteiger partial charge in [0, 0.05) is 19.6 Å². The average molecular weight is 351 g/mol. The van der Waals surface area contributed by atoms with Crippen LogP contribution < -0.4 is 5.69 Å². The fourth-order valence-electron chi connectivity index (χ4n) is 3.97. The van der Waals surface area contributed by atoms with Crippen LogP contribution in [0.4, 0.5) is 0 Å². The molecule has 1 aliphatic heterocycles. The van der Waals surface area contributed by atoms with Crippen LogP contribution in [-0.2, 0) is 6.54 Å². The lowest BCUT2D eigenvalue weighted by Crippen LogP contribution is -2.41. The quantitative estimate of drug-likeness (QED) is 0.679. The number of aromatic amines is 2. The van der Waals surface area contributed by atoms with Gasteiger partial charge in [-0.15, -0.1) is 0 Å². The van der Waals surface area contributed by atoms with E-state index in [2.05, 4.69) is 53.0 Å². The van der Waals surface area contributed by atoms with Crippen molar-refractivity contribution in [2.45, 2.75) is 32.9 Å². The second kappa shape index (κ2) is 6.74. The van der Waals surface area contributed by atoms with Gasteiger partial charge in [-0.3, -0.25) is 4.90 Å². The van der Waals surface area contributed by atoms with Crippen molar-refractivity contribution >= 4 is 11.0 Å². The van der Waals surface area contributed by atoms with Gasteiger partial charge >= 0.3 is 5.69 Å². The number of aliphatic hydroxyl groups excluding tert-OH is 1. The molecule has 4 rings (SSSR count). The highest BCUT2D eigenvalue weighted by Gasteiger charge is 2.24. The normalized spacial score (nSPS) is 21.3. The Kier molecular flexibility index (Phi) is 4.42. The number of likely N-dealkylation sites (tertiary alicyclic amines) is 1. The van der Waals surface area contributed by atoms with E-state index in [0.29, 0.717) is 5.92 Å². The standard InChI is InChI=1S/C21H25N3O2/c1-13-11-24(9-8-20(13)25)12-16-4-3-5-17(14(16)2)15-6-7-18-19(10-15)23-21(26)22-18/h3-7,10,13,20,25H,8-9,11-12H2,1-2H3,(H2,22,23,26)/t13-,20+/m0/s1. The first-order valence-corrected chi connectivity index (χ1v) is 9.22. The second-order valence-electron chi connectivity index (χ2n) is 7.50. The molecule has 0 aliphatic carbocycles. The lowest BCUT2D eigenvalue weighted by atomic mass is 9.93. The minimum Gasteiger partial charge on any atom is -0.393 e. The van der Waals surface area contributed by atoms with E-state index in [1.807, 2.05) is 12.1 Å². The number of aromatic nitrogens is 2. The molecule has 1 saturated heterocycles. The number of piperidine rings is 1. The lowest BCUT2D eigenvalue weighted by molar-refractivity contribution is 0.0319. The zero-order valence-electron chi connectivity index (χ0n) is 15.2. The number of hydrogen-bond donors (Lipinski definition) is 3. The van der Waals surface area contributed by atoms with Crippen molar-refractivity contribution in [2.24, 2.45) is 5.92 Å². The van der Waals surface area contributed by atoms with E-state index in [9.17, 15) is 9.90 Å². The third-order valence-electron chi connectivity index (χ3n) is 5.61. The van der Waals surface area contributed by atoms with Crippen LogP contribution in [0.25, 0.3) is 22.2 Å². The van der Waals surface area contributed by atoms with E-state index < -0.39 is 0 Å². The number of hydrogen-bond acceptors (Lipinski definition) is 3. The monoisotopic (exact) mass is 351 g/mol. The first kappa shape index (κ1) is 17.1. The number of H-pyrrole nitrogens is 2. The van der Waals surface area contributed by atoms with Gasteiger partial charge in [0.25, 0.3) is 0 Å². The maximum absolute atomic E-state index is 11.5. The highest BCUT2D eigenvalue weighted by molar-refractivity contribution is 5.82. The van der Waals surface area contributed by atoms with Crippen LogP contribution in [0, 0.1) is 12.8 Å². The molecular weight excluding hydrogens is 326 g/mol. The third-order valence-corrected chi connectivity index (χ3v) is 5.61. The van der Waals surface area contributed by atoms with Gasteiger partial charge in [-0.1, -0.05) is 31.2 Å². The zero-order valence-corrected chi connectivity index (χ0v) is 15.2. The first-order valence-electron chi connectivity index (χ1n) is 9.22. The molecule has 26 heavy (non-hydrogen) atoms. The Morgan fingerprint density at radius 2 is 2.00 bits per heavy atom. The maximum Gasteiger partial charge on any atom is 0.323 e. The maximum atomic E-state index is 11.5. The largest absolute Gasteiger partial charge is 0.393 e. The van der Waals surface area contributed by atoms with Crippen LogP contribution in [-0.4, -0.2) is 39.2 Å². The molecule has 0 bridgehead atoms. The van der Waals surface area contributed by atoms with E-state index in [4.69, 9.17) is 0 Å². The van der Waals surface area contributed by atoms with Crippen LogP contribution >= 0.6 is 0 Å². The molecule has 2 aromatic carbocycles. The Balaban J connectivity index is 1.63. The summed E-state index contributed by atoms with van der Waals surface area (Å²) < 4.78 is 0. The Labute approximate surface area is 152 Å². The molecule has 0 unspecified atom stereocenters. The van der Waals surface area contributed by atoms with Crippen LogP contribution in [0.5, 0.6) is 0 Å². The number of fused-ring (bicyclic) bond motifs is 1. The van der Waals surface area contributed by atoms with E-state index in [-0.39, 0.29) is 11.8 Å². The molecule has 0 saturated carbocycles. The van der Waals surface area contributed by atoms with Gasteiger partial charge in [0.1, 0.15) is 0 Å². The van der Waals surface area contributed by atoms with E-state index in [1.54, 1.807) is 0 Å². The van der Waals surface area contributed by atoms with Crippen LogP contribution in [0.1, 0.15) is 24.5 Å². The van der Waals surface area contributed by atoms with Crippen LogP contribution in [0.15, 0.2) is 41.2 Å². The smallest absolute Gasteiger partial charge is 0.323 e. The topological polar surface area (TPSA) is 72.1 Å². The predicted octanol–water partition coefficient (Wildman–Crippen LogP) is 3.03. The summed E-state index contributed by atoms with van der Waals surface area (Å²) in [4.78, 5) is 19.5. The summed E-state index contributed by atoms with van der Waals surface area (Å²) in [6.45, 7) is 7.05. The molecule has 0 amide bonds. The molecular formula is C21H25N3O2. The van der Waals surface area contributed by atoms with Crippen molar-refractivity contribution < 1.29 is 5.11 Å². The Morgan fingerprint density at radius 3 is 2.81 bits per heavy atom. The van der Waals surface area contributed by atoms with E-state index in [0.717, 1.165) is 42.7 Å². The van der Waals surface area contributed by atoms with Crippen molar-refractivity contribution in [3.05, 3.63) is 58.0 Å². The SMILES string of the molecule is Cc1c(CN2CC[C@@H](O)[C@@H](C)C2)cccc1-c1ccc2[nH]c(=O)[nH]c2c1. The molecule has 0 spiro atoms. The molecule has 3 N–H and O–H groups in total. The van der Waals surface area contributed by atoms with Gasteiger partial charge in [-0.05, 0) is 53.6 Å². The number of nitrogens with zero attached hydrogens (tertiary/aromatic N) is 1. The van der Waals surface area contributed by atoms with Crippen molar-refractivity contribution in [1.82, 2.24) is 14.9 Å². The first-order chi connectivity index (χ1) is 12.5. The molecule has 1 aromatic heterocycles. The van der Waals surface area contributed by atoms with E-state index in [1.165, 1.54) is 16.7 Å². The summed E-state index contributed by atoms with van der Waals surface area (Å²) in [5.41, 5.74) is 6.36. The van der Waals surface area contributed by atoms with Gasteiger partial charge in [0.2, 0.25) is 0 Å². The van der Waals surface area contributed by atoms with Crippen molar-refractivity contribution in [1.29, 1.82) is 0 Å². The molecule has 1 fully saturated rings. The molecule has 2 atom stereocenters. The summed E-state index contributed by atoms with van der Waals surface area (Å²) in [6.07, 6.45) is 0.672. The number of nitrogens with one attached hydrogen (secondary N) is 2. The fourth-order valence-corrected chi connectivity index (χ4v) is 3.97. The highest BCUT2D eigenvalue weighted by atomic mass is 16.3. The molecule has 3 aromatic rings. The zero-order chi connectivity index (χ0) is 18.3. The average Bonchev–Trinajstić information content (AvgIpc) is 2.99. The van der Waals surface area contributed by atoms with Gasteiger partial charge < -0.3 is 15.1 Å². The minimum absolute atomic E-state index is 0.172. The van der Waals surface area contributed by atoms with Gasteiger partial charge in [-0.25, -0.2) is 4.79 Å². The summed E-state index contributed by atoms with van der Waals surface area (Å²) in [6, 6.07) is 12.4. The van der Waals surface area contributed by atoms with Crippen LogP contribution in [0.2, 0.25) is 0 Å². The third kappa shape index (κ3) is 3.20. The number of rotatable bonds is 3. The highest BCUT2D eigenvalue weighted by Crippen LogP contribution is 2.29. The summed E-state index contributed by atoms with van der Waals surface area (Å²) >= 11 is 0. The number of benzene rings is 2. The Hall–Kier alpha value is -2.37. The Morgan fingerprint density at radius 1 is 1.19 bits per heavy atom. The van der Waals surface area contributed by atoms with Crippen molar-refractivity contribution in [2.75, 3.05) is 13.1 Å². The lowest BCUT2D eigenvalue weighted by Gasteiger charge is -2.34. The fraction of sp³-hybridized carbons (Fsp3) is 0.381.